The van der Waals surface area contributed by atoms with Crippen molar-refractivity contribution in [1.82, 2.24) is 9.97 Å². The Hall–Kier alpha value is -2.21. The molecule has 0 saturated carbocycles. The molecule has 2 aromatic rings. The van der Waals surface area contributed by atoms with Crippen LogP contribution in [-0.2, 0) is 11.3 Å². The van der Waals surface area contributed by atoms with Crippen molar-refractivity contribution in [2.24, 2.45) is 0 Å². The van der Waals surface area contributed by atoms with E-state index in [9.17, 15) is 14.3 Å². The van der Waals surface area contributed by atoms with Crippen LogP contribution in [0.1, 0.15) is 5.69 Å². The summed E-state index contributed by atoms with van der Waals surface area (Å²) >= 11 is 0. The van der Waals surface area contributed by atoms with Gasteiger partial charge in [0.2, 0.25) is 0 Å². The molecule has 18 heavy (non-hydrogen) atoms. The first kappa shape index (κ1) is 12.3. The van der Waals surface area contributed by atoms with Gasteiger partial charge in [-0.2, -0.15) is 0 Å². The van der Waals surface area contributed by atoms with Gasteiger partial charge in [-0.25, -0.2) is 9.37 Å². The minimum absolute atomic E-state index is 0.179. The van der Waals surface area contributed by atoms with Gasteiger partial charge >= 0.3 is 0 Å². The van der Waals surface area contributed by atoms with E-state index in [4.69, 9.17) is 4.74 Å². The first-order valence-electron chi connectivity index (χ1n) is 5.17. The lowest BCUT2D eigenvalue weighted by Crippen LogP contribution is -2.10. The molecule has 0 fully saturated rings. The molecule has 0 atom stereocenters. The van der Waals surface area contributed by atoms with Gasteiger partial charge in [-0.1, -0.05) is 0 Å². The molecule has 0 aliphatic rings. The Morgan fingerprint density at radius 3 is 2.83 bits per heavy atom. The fraction of sp³-hybridized carbons (Fsp3) is 0.167. The number of hydrogen-bond donors (Lipinski definition) is 2. The molecule has 0 unspecified atom stereocenters. The molecule has 0 radical (unpaired) electrons. The van der Waals surface area contributed by atoms with Crippen molar-refractivity contribution in [3.8, 4) is 17.1 Å². The highest BCUT2D eigenvalue weighted by Crippen LogP contribution is 2.21. The van der Waals surface area contributed by atoms with Gasteiger partial charge < -0.3 is 14.8 Å². The number of rotatable bonds is 3. The highest BCUT2D eigenvalue weighted by atomic mass is 19.1. The SMILES string of the molecule is COCc1cc(=O)[nH]c(-c2cc(O)cc(F)c2)n1. The summed E-state index contributed by atoms with van der Waals surface area (Å²) in [5.41, 5.74) is 0.360. The molecular formula is C12H11FN2O3. The highest BCUT2D eigenvalue weighted by molar-refractivity contribution is 5.57. The van der Waals surface area contributed by atoms with Crippen LogP contribution in [-0.4, -0.2) is 22.2 Å². The van der Waals surface area contributed by atoms with Crippen LogP contribution in [0, 0.1) is 5.82 Å². The van der Waals surface area contributed by atoms with Gasteiger partial charge in [0.1, 0.15) is 17.4 Å². The number of halogens is 1. The van der Waals surface area contributed by atoms with E-state index < -0.39 is 5.82 Å². The Morgan fingerprint density at radius 1 is 1.39 bits per heavy atom. The summed E-state index contributed by atoms with van der Waals surface area (Å²) in [5, 5.41) is 9.31. The van der Waals surface area contributed by atoms with Crippen molar-refractivity contribution < 1.29 is 14.2 Å². The zero-order valence-electron chi connectivity index (χ0n) is 9.61. The van der Waals surface area contributed by atoms with Crippen molar-refractivity contribution in [1.29, 1.82) is 0 Å². The molecule has 0 saturated heterocycles. The van der Waals surface area contributed by atoms with Gasteiger partial charge in [-0.05, 0) is 12.1 Å². The summed E-state index contributed by atoms with van der Waals surface area (Å²) in [6.45, 7) is 0.179. The molecule has 6 heteroatoms. The average Bonchev–Trinajstić information content (AvgIpc) is 2.27. The minimum Gasteiger partial charge on any atom is -0.508 e. The van der Waals surface area contributed by atoms with Crippen molar-refractivity contribution in [3.63, 3.8) is 0 Å². The van der Waals surface area contributed by atoms with Crippen molar-refractivity contribution in [2.75, 3.05) is 7.11 Å². The molecule has 5 nitrogen and oxygen atoms in total. The highest BCUT2D eigenvalue weighted by Gasteiger charge is 2.07. The Balaban J connectivity index is 2.52. The number of nitrogens with zero attached hydrogens (tertiary/aromatic N) is 1. The Labute approximate surface area is 102 Å². The molecule has 94 valence electrons. The molecule has 2 N–H and O–H groups in total. The second kappa shape index (κ2) is 4.97. The first-order chi connectivity index (χ1) is 8.58. The maximum absolute atomic E-state index is 13.2. The molecule has 1 aromatic carbocycles. The Kier molecular flexibility index (Phi) is 3.38. The number of H-pyrrole nitrogens is 1. The summed E-state index contributed by atoms with van der Waals surface area (Å²) in [6, 6.07) is 4.76. The van der Waals surface area contributed by atoms with Gasteiger partial charge in [0.15, 0.2) is 0 Å². The van der Waals surface area contributed by atoms with E-state index in [-0.39, 0.29) is 23.7 Å². The van der Waals surface area contributed by atoms with Crippen molar-refractivity contribution in [2.45, 2.75) is 6.61 Å². The van der Waals surface area contributed by atoms with Crippen molar-refractivity contribution in [3.05, 3.63) is 46.1 Å². The second-order valence-corrected chi connectivity index (χ2v) is 3.72. The number of phenols is 1. The van der Waals surface area contributed by atoms with Gasteiger partial charge in [0.25, 0.3) is 5.56 Å². The number of phenolic OH excluding ortho intramolecular Hbond substituents is 1. The van der Waals surface area contributed by atoms with Crippen LogP contribution in [0.25, 0.3) is 11.4 Å². The summed E-state index contributed by atoms with van der Waals surface area (Å²) in [7, 11) is 1.48. The maximum Gasteiger partial charge on any atom is 0.251 e. The standard InChI is InChI=1S/C12H11FN2O3/c1-18-6-9-5-11(17)15-12(14-9)7-2-8(13)4-10(16)3-7/h2-5,16H,6H2,1H3,(H,14,15,17). The molecule has 0 spiro atoms. The summed E-state index contributed by atoms with van der Waals surface area (Å²) in [5.74, 6) is -0.654. The van der Waals surface area contributed by atoms with E-state index in [2.05, 4.69) is 9.97 Å². The third-order valence-corrected chi connectivity index (χ3v) is 2.24. The number of benzene rings is 1. The van der Waals surface area contributed by atoms with Gasteiger partial charge in [0.05, 0.1) is 12.3 Å². The van der Waals surface area contributed by atoms with E-state index in [1.165, 1.54) is 25.3 Å². The van der Waals surface area contributed by atoms with Crippen LogP contribution in [0.15, 0.2) is 29.1 Å². The van der Waals surface area contributed by atoms with E-state index in [1.807, 2.05) is 0 Å². The zero-order chi connectivity index (χ0) is 13.1. The van der Waals surface area contributed by atoms with Gasteiger partial charge in [-0.15, -0.1) is 0 Å². The molecule has 0 amide bonds. The Bertz CT molecular complexity index is 605. The molecule has 1 aromatic heterocycles. The van der Waals surface area contributed by atoms with Gasteiger partial charge in [0, 0.05) is 24.8 Å². The number of methoxy groups -OCH3 is 1. The van der Waals surface area contributed by atoms with E-state index in [0.29, 0.717) is 11.3 Å². The first-order valence-corrected chi connectivity index (χ1v) is 5.17. The zero-order valence-corrected chi connectivity index (χ0v) is 9.61. The number of aromatic amines is 1. The van der Waals surface area contributed by atoms with Crippen LogP contribution < -0.4 is 5.56 Å². The van der Waals surface area contributed by atoms with Crippen LogP contribution in [0.4, 0.5) is 4.39 Å². The number of aromatic nitrogens is 2. The van der Waals surface area contributed by atoms with Crippen molar-refractivity contribution >= 4 is 0 Å². The van der Waals surface area contributed by atoms with Crippen LogP contribution in [0.5, 0.6) is 5.75 Å². The molecular weight excluding hydrogens is 239 g/mol. The number of ether oxygens (including phenoxy) is 1. The fourth-order valence-electron chi connectivity index (χ4n) is 1.58. The smallest absolute Gasteiger partial charge is 0.251 e. The molecule has 0 aliphatic carbocycles. The summed E-state index contributed by atoms with van der Waals surface area (Å²) in [6.07, 6.45) is 0. The molecule has 0 aliphatic heterocycles. The predicted octanol–water partition coefficient (Wildman–Crippen LogP) is 1.43. The average molecular weight is 250 g/mol. The normalized spacial score (nSPS) is 10.6. The fourth-order valence-corrected chi connectivity index (χ4v) is 1.58. The predicted molar refractivity (Wildman–Crippen MR) is 62.6 cm³/mol. The third-order valence-electron chi connectivity index (χ3n) is 2.24. The van der Waals surface area contributed by atoms with E-state index in [0.717, 1.165) is 6.07 Å². The second-order valence-electron chi connectivity index (χ2n) is 3.72. The maximum atomic E-state index is 13.2. The lowest BCUT2D eigenvalue weighted by molar-refractivity contribution is 0.181. The van der Waals surface area contributed by atoms with E-state index in [1.54, 1.807) is 0 Å². The van der Waals surface area contributed by atoms with Crippen LogP contribution >= 0.6 is 0 Å². The van der Waals surface area contributed by atoms with Crippen LogP contribution in [0.3, 0.4) is 0 Å². The number of hydrogen-bond acceptors (Lipinski definition) is 4. The van der Waals surface area contributed by atoms with Gasteiger partial charge in [-0.3, -0.25) is 4.79 Å². The van der Waals surface area contributed by atoms with E-state index >= 15 is 0 Å². The number of nitrogens with one attached hydrogen (secondary N) is 1. The monoisotopic (exact) mass is 250 g/mol. The summed E-state index contributed by atoms with van der Waals surface area (Å²) < 4.78 is 18.0. The number of aromatic hydroxyl groups is 1. The largest absolute Gasteiger partial charge is 0.508 e. The Morgan fingerprint density at radius 2 is 2.17 bits per heavy atom. The molecule has 2 rings (SSSR count). The quantitative estimate of drug-likeness (QED) is 0.864. The minimum atomic E-state index is -0.607. The molecule has 0 bridgehead atoms. The topological polar surface area (TPSA) is 75.2 Å². The lowest BCUT2D eigenvalue weighted by atomic mass is 10.2. The third kappa shape index (κ3) is 2.72. The van der Waals surface area contributed by atoms with Crippen LogP contribution in [0.2, 0.25) is 0 Å². The molecule has 1 heterocycles. The summed E-state index contributed by atoms with van der Waals surface area (Å²) in [4.78, 5) is 18.0. The lowest BCUT2D eigenvalue weighted by Gasteiger charge is -2.04.